The summed E-state index contributed by atoms with van der Waals surface area (Å²) in [5.41, 5.74) is 0.293. The van der Waals surface area contributed by atoms with Crippen LogP contribution in [0.5, 0.6) is 5.75 Å². The quantitative estimate of drug-likeness (QED) is 0.821. The monoisotopic (exact) mass is 291 g/mol. The molecule has 0 aromatic heterocycles. The fourth-order valence-corrected chi connectivity index (χ4v) is 2.43. The van der Waals surface area contributed by atoms with Gasteiger partial charge in [0.2, 0.25) is 5.82 Å². The second-order valence-electron chi connectivity index (χ2n) is 3.99. The molecule has 2 N–H and O–H groups in total. The second-order valence-corrected chi connectivity index (χ2v) is 4.85. The summed E-state index contributed by atoms with van der Waals surface area (Å²) >= 11 is 3.00. The molecule has 88 valence electrons. The molecule has 0 bridgehead atoms. The van der Waals surface area contributed by atoms with Gasteiger partial charge in [-0.3, -0.25) is 0 Å². The fraction of sp³-hybridized carbons (Fsp3) is 0.455. The Hall–Kier alpha value is -0.680. The van der Waals surface area contributed by atoms with E-state index in [0.29, 0.717) is 12.0 Å². The Kier molecular flexibility index (Phi) is 3.44. The van der Waals surface area contributed by atoms with E-state index in [0.717, 1.165) is 19.4 Å². The highest BCUT2D eigenvalue weighted by atomic mass is 79.9. The molecule has 0 amide bonds. The van der Waals surface area contributed by atoms with Gasteiger partial charge in [0, 0.05) is 6.04 Å². The molecule has 16 heavy (non-hydrogen) atoms. The summed E-state index contributed by atoms with van der Waals surface area (Å²) in [6.45, 7) is 0.925. The Morgan fingerprint density at radius 1 is 1.44 bits per heavy atom. The molecule has 1 aliphatic heterocycles. The molecule has 0 radical (unpaired) electrons. The molecule has 2 rings (SSSR count). The SMILES string of the molecule is Oc1c(Br)cc(CC2CCCN2)c(F)c1F. The van der Waals surface area contributed by atoms with Gasteiger partial charge >= 0.3 is 0 Å². The standard InChI is InChI=1S/C11H12BrF2NO/c12-8-5-6(4-7-2-1-3-15-7)9(13)10(14)11(8)16/h5,7,15-16H,1-4H2. The van der Waals surface area contributed by atoms with Crippen molar-refractivity contribution >= 4 is 15.9 Å². The van der Waals surface area contributed by atoms with Crippen molar-refractivity contribution in [1.82, 2.24) is 5.32 Å². The summed E-state index contributed by atoms with van der Waals surface area (Å²) in [7, 11) is 0. The highest BCUT2D eigenvalue weighted by molar-refractivity contribution is 9.10. The van der Waals surface area contributed by atoms with E-state index in [1.807, 2.05) is 0 Å². The van der Waals surface area contributed by atoms with E-state index in [1.54, 1.807) is 0 Å². The Morgan fingerprint density at radius 2 is 2.19 bits per heavy atom. The van der Waals surface area contributed by atoms with Crippen molar-refractivity contribution in [2.75, 3.05) is 6.54 Å². The lowest BCUT2D eigenvalue weighted by Crippen LogP contribution is -2.24. The Labute approximate surface area is 101 Å². The van der Waals surface area contributed by atoms with Crippen molar-refractivity contribution in [2.45, 2.75) is 25.3 Å². The summed E-state index contributed by atoms with van der Waals surface area (Å²) in [5, 5.41) is 12.4. The van der Waals surface area contributed by atoms with Crippen LogP contribution in [-0.2, 0) is 6.42 Å². The second kappa shape index (κ2) is 4.67. The number of rotatable bonds is 2. The van der Waals surface area contributed by atoms with Crippen LogP contribution in [0.1, 0.15) is 18.4 Å². The fourth-order valence-electron chi connectivity index (χ4n) is 1.98. The molecule has 2 nitrogen and oxygen atoms in total. The minimum Gasteiger partial charge on any atom is -0.504 e. The molecule has 1 saturated heterocycles. The van der Waals surface area contributed by atoms with Crippen LogP contribution >= 0.6 is 15.9 Å². The number of phenols is 1. The first kappa shape index (κ1) is 11.8. The molecule has 0 spiro atoms. The van der Waals surface area contributed by atoms with Crippen molar-refractivity contribution in [2.24, 2.45) is 0 Å². The average molecular weight is 292 g/mol. The molecule has 1 aromatic rings. The van der Waals surface area contributed by atoms with E-state index < -0.39 is 17.4 Å². The van der Waals surface area contributed by atoms with E-state index in [9.17, 15) is 13.9 Å². The van der Waals surface area contributed by atoms with Crippen LogP contribution in [0.25, 0.3) is 0 Å². The molecule has 0 aliphatic carbocycles. The Balaban J connectivity index is 2.26. The van der Waals surface area contributed by atoms with E-state index in [2.05, 4.69) is 21.2 Å². The van der Waals surface area contributed by atoms with Gasteiger partial charge in [-0.05, 0) is 53.4 Å². The molecule has 1 aromatic carbocycles. The highest BCUT2D eigenvalue weighted by Crippen LogP contribution is 2.31. The lowest BCUT2D eigenvalue weighted by molar-refractivity contribution is 0.399. The maximum absolute atomic E-state index is 13.5. The molecule has 1 aliphatic rings. The maximum atomic E-state index is 13.5. The number of hydrogen-bond donors (Lipinski definition) is 2. The summed E-state index contributed by atoms with van der Waals surface area (Å²) in [5.74, 6) is -2.79. The summed E-state index contributed by atoms with van der Waals surface area (Å²) < 4.78 is 27.0. The van der Waals surface area contributed by atoms with Gasteiger partial charge in [0.1, 0.15) is 0 Å². The predicted molar refractivity (Wildman–Crippen MR) is 60.5 cm³/mol. The van der Waals surface area contributed by atoms with Gasteiger partial charge in [0.15, 0.2) is 11.6 Å². The smallest absolute Gasteiger partial charge is 0.201 e. The third kappa shape index (κ3) is 2.20. The molecule has 5 heteroatoms. The number of halogens is 3. The third-order valence-electron chi connectivity index (χ3n) is 2.84. The number of nitrogens with one attached hydrogen (secondary N) is 1. The van der Waals surface area contributed by atoms with Gasteiger partial charge in [-0.2, -0.15) is 4.39 Å². The van der Waals surface area contributed by atoms with Crippen LogP contribution < -0.4 is 5.32 Å². The summed E-state index contributed by atoms with van der Waals surface area (Å²) in [6, 6.07) is 1.64. The molecule has 1 unspecified atom stereocenters. The van der Waals surface area contributed by atoms with Gasteiger partial charge in [-0.25, -0.2) is 4.39 Å². The highest BCUT2D eigenvalue weighted by Gasteiger charge is 2.21. The Bertz CT molecular complexity index is 405. The van der Waals surface area contributed by atoms with Crippen molar-refractivity contribution in [3.63, 3.8) is 0 Å². The van der Waals surface area contributed by atoms with Crippen LogP contribution in [0, 0.1) is 11.6 Å². The third-order valence-corrected chi connectivity index (χ3v) is 3.44. The lowest BCUT2D eigenvalue weighted by atomic mass is 10.0. The van der Waals surface area contributed by atoms with E-state index in [1.165, 1.54) is 6.07 Å². The summed E-state index contributed by atoms with van der Waals surface area (Å²) in [6.07, 6.45) is 2.48. The van der Waals surface area contributed by atoms with Gasteiger partial charge in [-0.15, -0.1) is 0 Å². The van der Waals surface area contributed by atoms with Crippen LogP contribution in [0.3, 0.4) is 0 Å². The van der Waals surface area contributed by atoms with Gasteiger partial charge < -0.3 is 10.4 Å². The van der Waals surface area contributed by atoms with Crippen molar-refractivity contribution < 1.29 is 13.9 Å². The number of aromatic hydroxyl groups is 1. The largest absolute Gasteiger partial charge is 0.504 e. The van der Waals surface area contributed by atoms with Crippen molar-refractivity contribution in [1.29, 1.82) is 0 Å². The molecular weight excluding hydrogens is 280 g/mol. The van der Waals surface area contributed by atoms with Gasteiger partial charge in [-0.1, -0.05) is 0 Å². The zero-order valence-electron chi connectivity index (χ0n) is 8.56. The average Bonchev–Trinajstić information content (AvgIpc) is 2.76. The molecule has 1 fully saturated rings. The normalized spacial score (nSPS) is 20.3. The minimum atomic E-state index is -1.18. The maximum Gasteiger partial charge on any atom is 0.201 e. The van der Waals surface area contributed by atoms with Gasteiger partial charge in [0.25, 0.3) is 0 Å². The first-order valence-corrected chi connectivity index (χ1v) is 5.97. The summed E-state index contributed by atoms with van der Waals surface area (Å²) in [4.78, 5) is 0. The van der Waals surface area contributed by atoms with Gasteiger partial charge in [0.05, 0.1) is 4.47 Å². The molecular formula is C11H12BrF2NO. The van der Waals surface area contributed by atoms with E-state index >= 15 is 0 Å². The number of hydrogen-bond acceptors (Lipinski definition) is 2. The van der Waals surface area contributed by atoms with E-state index in [-0.39, 0.29) is 10.5 Å². The molecule has 0 saturated carbocycles. The minimum absolute atomic E-state index is 0.194. The predicted octanol–water partition coefficient (Wildman–Crippen LogP) is 2.73. The van der Waals surface area contributed by atoms with Crippen LogP contribution in [0.15, 0.2) is 10.5 Å². The molecule has 1 atom stereocenters. The number of phenolic OH excluding ortho intramolecular Hbond substituents is 1. The number of benzene rings is 1. The zero-order chi connectivity index (χ0) is 11.7. The van der Waals surface area contributed by atoms with Crippen LogP contribution in [-0.4, -0.2) is 17.7 Å². The first-order chi connectivity index (χ1) is 7.59. The van der Waals surface area contributed by atoms with Crippen molar-refractivity contribution in [3.8, 4) is 5.75 Å². The van der Waals surface area contributed by atoms with Crippen molar-refractivity contribution in [3.05, 3.63) is 27.7 Å². The van der Waals surface area contributed by atoms with E-state index in [4.69, 9.17) is 0 Å². The van der Waals surface area contributed by atoms with Crippen LogP contribution in [0.4, 0.5) is 8.78 Å². The first-order valence-electron chi connectivity index (χ1n) is 5.18. The topological polar surface area (TPSA) is 32.3 Å². The van der Waals surface area contributed by atoms with Crippen LogP contribution in [0.2, 0.25) is 0 Å². The Morgan fingerprint density at radius 3 is 2.81 bits per heavy atom. The lowest BCUT2D eigenvalue weighted by Gasteiger charge is -2.12. The molecule has 1 heterocycles. The zero-order valence-corrected chi connectivity index (χ0v) is 10.2.